The van der Waals surface area contributed by atoms with Crippen LogP contribution in [0.4, 0.5) is 9.59 Å². The number of allylic oxidation sites excluding steroid dienone is 5. The van der Waals surface area contributed by atoms with Crippen LogP contribution in [0.5, 0.6) is 5.75 Å². The van der Waals surface area contributed by atoms with Crippen LogP contribution in [-0.2, 0) is 20.7 Å². The van der Waals surface area contributed by atoms with Gasteiger partial charge < -0.3 is 18.6 Å². The van der Waals surface area contributed by atoms with Crippen molar-refractivity contribution in [2.75, 3.05) is 13.2 Å². The van der Waals surface area contributed by atoms with Crippen molar-refractivity contribution in [2.24, 2.45) is 0 Å². The van der Waals surface area contributed by atoms with Gasteiger partial charge in [0.2, 0.25) is 5.89 Å². The number of aryl methyl sites for hydroxylation is 1. The number of nitrogens with zero attached hydrogens (tertiary/aromatic N) is 2. The molecular formula is C36H44N2O7. The van der Waals surface area contributed by atoms with Gasteiger partial charge in [-0.1, -0.05) is 60.7 Å². The first-order chi connectivity index (χ1) is 21.2. The van der Waals surface area contributed by atoms with Crippen LogP contribution in [0.2, 0.25) is 0 Å². The molecule has 0 unspecified atom stereocenters. The molecule has 0 aliphatic carbocycles. The molecule has 0 aliphatic heterocycles. The Morgan fingerprint density at radius 1 is 0.911 bits per heavy atom. The Balaban J connectivity index is 1.54. The normalized spacial score (nSPS) is 12.4. The van der Waals surface area contributed by atoms with Crippen LogP contribution in [0.3, 0.4) is 0 Å². The van der Waals surface area contributed by atoms with Crippen molar-refractivity contribution in [1.29, 1.82) is 0 Å². The van der Waals surface area contributed by atoms with Crippen molar-refractivity contribution < 1.29 is 33.1 Å². The van der Waals surface area contributed by atoms with Gasteiger partial charge in [-0.3, -0.25) is 4.84 Å². The molecule has 0 fully saturated rings. The number of rotatable bonds is 10. The average Bonchev–Trinajstić information content (AvgIpc) is 3.33. The molecule has 9 heteroatoms. The lowest BCUT2D eigenvalue weighted by Crippen LogP contribution is -2.39. The van der Waals surface area contributed by atoms with E-state index in [0.29, 0.717) is 18.9 Å². The van der Waals surface area contributed by atoms with Crippen LogP contribution in [0.1, 0.15) is 65.5 Å². The SMILES string of the molecule is C\C(=C/C=C/C=C/CN(OC(=O)OC(C)(C)C)C(=O)OC(C)(C)C)c1cccc(OCCc2nc(-c3ccccc3)oc2C)c1. The van der Waals surface area contributed by atoms with Crippen LogP contribution in [0, 0.1) is 6.92 Å². The molecule has 0 radical (unpaired) electrons. The van der Waals surface area contributed by atoms with E-state index < -0.39 is 23.5 Å². The molecule has 0 saturated heterocycles. The second-order valence-electron chi connectivity index (χ2n) is 12.3. The van der Waals surface area contributed by atoms with Crippen LogP contribution < -0.4 is 4.74 Å². The second-order valence-corrected chi connectivity index (χ2v) is 12.3. The van der Waals surface area contributed by atoms with E-state index in [1.807, 2.05) is 86.7 Å². The molecular weight excluding hydrogens is 572 g/mol. The maximum atomic E-state index is 12.6. The van der Waals surface area contributed by atoms with Crippen LogP contribution in [-0.4, -0.2) is 46.6 Å². The van der Waals surface area contributed by atoms with Gasteiger partial charge in [0.1, 0.15) is 22.7 Å². The van der Waals surface area contributed by atoms with Gasteiger partial charge in [0, 0.05) is 12.0 Å². The number of ether oxygens (including phenoxy) is 3. The monoisotopic (exact) mass is 616 g/mol. The zero-order valence-corrected chi connectivity index (χ0v) is 27.5. The Morgan fingerprint density at radius 2 is 1.62 bits per heavy atom. The highest BCUT2D eigenvalue weighted by Gasteiger charge is 2.27. The highest BCUT2D eigenvalue weighted by molar-refractivity contribution is 5.70. The topological polar surface area (TPSA) is 100 Å². The molecule has 1 heterocycles. The summed E-state index contributed by atoms with van der Waals surface area (Å²) >= 11 is 0. The standard InChI is InChI=1S/C36H44N2O7/c1-26(17-12-9-10-15-23-38(33(39)43-35(3,4)5)45-34(40)44-36(6,7)8)29-20-16-21-30(25-29)41-24-22-31-27(2)42-32(37-31)28-18-13-11-14-19-28/h9-21,25H,22-24H2,1-8H3/b12-9+,15-10+,26-17+. The summed E-state index contributed by atoms with van der Waals surface area (Å²) in [5, 5.41) is 0.822. The molecule has 2 aromatic carbocycles. The van der Waals surface area contributed by atoms with Gasteiger partial charge in [-0.15, -0.1) is 5.06 Å². The fraction of sp³-hybridized carbons (Fsp3) is 0.361. The van der Waals surface area contributed by atoms with Crippen LogP contribution in [0.15, 0.2) is 89.4 Å². The van der Waals surface area contributed by atoms with Gasteiger partial charge in [0.25, 0.3) is 0 Å². The Kier molecular flexibility index (Phi) is 12.2. The van der Waals surface area contributed by atoms with E-state index in [-0.39, 0.29) is 6.54 Å². The van der Waals surface area contributed by atoms with Crippen LogP contribution in [0.25, 0.3) is 17.0 Å². The minimum absolute atomic E-state index is 0.0258. The lowest BCUT2D eigenvalue weighted by molar-refractivity contribution is -0.130. The third kappa shape index (κ3) is 12.4. The zero-order chi connectivity index (χ0) is 33.0. The summed E-state index contributed by atoms with van der Waals surface area (Å²) in [6.45, 7) is 14.7. The van der Waals surface area contributed by atoms with E-state index in [0.717, 1.165) is 39.0 Å². The predicted molar refractivity (Wildman–Crippen MR) is 175 cm³/mol. The average molecular weight is 617 g/mol. The Morgan fingerprint density at radius 3 is 2.31 bits per heavy atom. The third-order valence-corrected chi connectivity index (χ3v) is 5.96. The molecule has 0 spiro atoms. The lowest BCUT2D eigenvalue weighted by atomic mass is 10.1. The number of hydroxylamine groups is 2. The van der Waals surface area contributed by atoms with Gasteiger partial charge in [0.05, 0.1) is 18.8 Å². The number of benzene rings is 2. The van der Waals surface area contributed by atoms with Crippen molar-refractivity contribution in [3.63, 3.8) is 0 Å². The van der Waals surface area contributed by atoms with E-state index >= 15 is 0 Å². The van der Waals surface area contributed by atoms with E-state index in [1.54, 1.807) is 53.7 Å². The number of carbonyl (C=O) groups excluding carboxylic acids is 2. The first kappa shape index (κ1) is 34.7. The maximum absolute atomic E-state index is 12.6. The largest absolute Gasteiger partial charge is 0.534 e. The highest BCUT2D eigenvalue weighted by atomic mass is 16.8. The van der Waals surface area contributed by atoms with Gasteiger partial charge in [-0.2, -0.15) is 0 Å². The Hall–Kier alpha value is -4.79. The predicted octanol–water partition coefficient (Wildman–Crippen LogP) is 8.89. The minimum atomic E-state index is -0.993. The van der Waals surface area contributed by atoms with Gasteiger partial charge in [0.15, 0.2) is 0 Å². The molecule has 3 rings (SSSR count). The second kappa shape index (κ2) is 15.8. The van der Waals surface area contributed by atoms with Crippen molar-refractivity contribution in [2.45, 2.75) is 73.0 Å². The van der Waals surface area contributed by atoms with Crippen molar-refractivity contribution >= 4 is 17.8 Å². The minimum Gasteiger partial charge on any atom is -0.493 e. The van der Waals surface area contributed by atoms with E-state index in [2.05, 4.69) is 4.98 Å². The third-order valence-electron chi connectivity index (χ3n) is 5.96. The summed E-state index contributed by atoms with van der Waals surface area (Å²) in [5.74, 6) is 2.17. The maximum Gasteiger partial charge on any atom is 0.534 e. The molecule has 45 heavy (non-hydrogen) atoms. The number of hydrogen-bond acceptors (Lipinski definition) is 8. The molecule has 0 atom stereocenters. The molecule has 3 aromatic rings. The number of amides is 1. The molecule has 0 aliphatic rings. The fourth-order valence-electron chi connectivity index (χ4n) is 3.88. The first-order valence-corrected chi connectivity index (χ1v) is 14.9. The quantitative estimate of drug-likeness (QED) is 0.126. The summed E-state index contributed by atoms with van der Waals surface area (Å²) in [6, 6.07) is 17.7. The van der Waals surface area contributed by atoms with E-state index in [1.165, 1.54) is 0 Å². The lowest BCUT2D eigenvalue weighted by Gasteiger charge is -2.26. The summed E-state index contributed by atoms with van der Waals surface area (Å²) < 4.78 is 22.4. The Labute approximate surface area is 266 Å². The Bertz CT molecular complexity index is 1510. The van der Waals surface area contributed by atoms with Crippen molar-refractivity contribution in [3.8, 4) is 17.2 Å². The van der Waals surface area contributed by atoms with Crippen molar-refractivity contribution in [3.05, 3.63) is 102 Å². The summed E-state index contributed by atoms with van der Waals surface area (Å²) in [6.07, 6.45) is 7.91. The summed E-state index contributed by atoms with van der Waals surface area (Å²) in [4.78, 5) is 34.5. The molecule has 1 aromatic heterocycles. The molecule has 1 amide bonds. The molecule has 9 nitrogen and oxygen atoms in total. The first-order valence-electron chi connectivity index (χ1n) is 14.9. The van der Waals surface area contributed by atoms with E-state index in [9.17, 15) is 9.59 Å². The number of aromatic nitrogens is 1. The number of hydrogen-bond donors (Lipinski definition) is 0. The van der Waals surface area contributed by atoms with Crippen LogP contribution >= 0.6 is 0 Å². The molecule has 0 N–H and O–H groups in total. The summed E-state index contributed by atoms with van der Waals surface area (Å²) in [7, 11) is 0. The molecule has 240 valence electrons. The van der Waals surface area contributed by atoms with Crippen molar-refractivity contribution in [1.82, 2.24) is 10.0 Å². The molecule has 0 saturated carbocycles. The number of oxazole rings is 1. The van der Waals surface area contributed by atoms with Gasteiger partial charge in [-0.25, -0.2) is 14.6 Å². The fourth-order valence-corrected chi connectivity index (χ4v) is 3.88. The number of carbonyl (C=O) groups is 2. The smallest absolute Gasteiger partial charge is 0.493 e. The van der Waals surface area contributed by atoms with Gasteiger partial charge in [-0.05, 0) is 90.8 Å². The zero-order valence-electron chi connectivity index (χ0n) is 27.5. The summed E-state index contributed by atoms with van der Waals surface area (Å²) in [5.41, 5.74) is 2.35. The highest BCUT2D eigenvalue weighted by Crippen LogP contribution is 2.23. The molecule has 0 bridgehead atoms. The van der Waals surface area contributed by atoms with E-state index in [4.69, 9.17) is 23.5 Å². The van der Waals surface area contributed by atoms with Gasteiger partial charge >= 0.3 is 12.2 Å².